The van der Waals surface area contributed by atoms with Crippen LogP contribution in [0.3, 0.4) is 0 Å². The first-order valence-electron chi connectivity index (χ1n) is 11.3. The lowest BCUT2D eigenvalue weighted by atomic mass is 9.63. The zero-order valence-corrected chi connectivity index (χ0v) is 19.1. The molecule has 1 heterocycles. The first kappa shape index (κ1) is 23.3. The lowest BCUT2D eigenvalue weighted by Gasteiger charge is -2.53. The van der Waals surface area contributed by atoms with Crippen LogP contribution in [-0.2, 0) is 10.2 Å². The van der Waals surface area contributed by atoms with Crippen molar-refractivity contribution in [1.82, 2.24) is 4.90 Å². The van der Waals surface area contributed by atoms with Crippen molar-refractivity contribution in [1.29, 1.82) is 0 Å². The van der Waals surface area contributed by atoms with Crippen LogP contribution in [0.25, 0.3) is 0 Å². The Balaban J connectivity index is 2.29. The maximum Gasteiger partial charge on any atom is 0.123 e. The third-order valence-electron chi connectivity index (χ3n) is 6.10. The van der Waals surface area contributed by atoms with Crippen molar-refractivity contribution >= 4 is 0 Å². The van der Waals surface area contributed by atoms with Crippen molar-refractivity contribution in [3.8, 4) is 0 Å². The molecule has 0 aromatic heterocycles. The van der Waals surface area contributed by atoms with E-state index in [2.05, 4.69) is 46.4 Å². The van der Waals surface area contributed by atoms with E-state index in [-0.39, 0.29) is 22.4 Å². The summed E-state index contributed by atoms with van der Waals surface area (Å²) in [5.41, 5.74) is 0.918. The average Bonchev–Trinajstić information content (AvgIpc) is 2.59. The summed E-state index contributed by atoms with van der Waals surface area (Å²) in [7, 11) is 0. The van der Waals surface area contributed by atoms with Crippen LogP contribution in [0.4, 0.5) is 4.39 Å². The van der Waals surface area contributed by atoms with E-state index in [1.54, 1.807) is 12.1 Å². The van der Waals surface area contributed by atoms with Crippen molar-refractivity contribution in [2.45, 2.75) is 103 Å². The quantitative estimate of drug-likeness (QED) is 0.439. The van der Waals surface area contributed by atoms with E-state index in [4.69, 9.17) is 4.74 Å². The van der Waals surface area contributed by atoms with Crippen LogP contribution in [-0.4, -0.2) is 35.7 Å². The molecule has 1 aromatic rings. The summed E-state index contributed by atoms with van der Waals surface area (Å²) in [5.74, 6) is -0.156. The maximum atomic E-state index is 13.6. The van der Waals surface area contributed by atoms with Gasteiger partial charge in [0.25, 0.3) is 0 Å². The Morgan fingerprint density at radius 1 is 0.857 bits per heavy atom. The lowest BCUT2D eigenvalue weighted by molar-refractivity contribution is -0.181. The average molecular weight is 392 g/mol. The number of ether oxygens (including phenoxy) is 1. The molecule has 1 saturated heterocycles. The number of benzene rings is 1. The highest BCUT2D eigenvalue weighted by atomic mass is 19.1. The van der Waals surface area contributed by atoms with E-state index in [9.17, 15) is 4.39 Å². The second kappa shape index (κ2) is 9.71. The summed E-state index contributed by atoms with van der Waals surface area (Å²) in [6.07, 6.45) is 8.04. The summed E-state index contributed by atoms with van der Waals surface area (Å²) in [5, 5.41) is 0. The van der Waals surface area contributed by atoms with Crippen LogP contribution in [0.15, 0.2) is 24.3 Å². The highest BCUT2D eigenvalue weighted by Crippen LogP contribution is 2.50. The Labute approximate surface area is 172 Å². The van der Waals surface area contributed by atoms with Crippen LogP contribution in [0.1, 0.15) is 92.1 Å². The molecule has 3 heteroatoms. The normalized spacial score (nSPS) is 20.4. The molecule has 0 aliphatic carbocycles. The molecule has 1 fully saturated rings. The van der Waals surface area contributed by atoms with Crippen LogP contribution in [0, 0.1) is 5.82 Å². The smallest absolute Gasteiger partial charge is 0.123 e. The van der Waals surface area contributed by atoms with Gasteiger partial charge in [-0.15, -0.1) is 0 Å². The van der Waals surface area contributed by atoms with E-state index < -0.39 is 0 Å². The maximum absolute atomic E-state index is 13.6. The molecule has 160 valence electrons. The van der Waals surface area contributed by atoms with Crippen LogP contribution < -0.4 is 0 Å². The monoisotopic (exact) mass is 391 g/mol. The minimum atomic E-state index is -0.187. The second-order valence-electron chi connectivity index (χ2n) is 10.1. The van der Waals surface area contributed by atoms with Gasteiger partial charge in [0.1, 0.15) is 5.82 Å². The van der Waals surface area contributed by atoms with Gasteiger partial charge in [-0.05, 0) is 97.1 Å². The van der Waals surface area contributed by atoms with Gasteiger partial charge in [-0.2, -0.15) is 0 Å². The largest absolute Gasteiger partial charge is 0.370 e. The molecule has 1 aliphatic heterocycles. The molecular formula is C25H42FNO. The fourth-order valence-electron chi connectivity index (χ4n) is 5.31. The third kappa shape index (κ3) is 6.56. The SMILES string of the molecule is CCCCN(CCCC)CCC1(c2ccc(F)cc2)CC(C)(C)OC(C)(C)C1. The highest BCUT2D eigenvalue weighted by molar-refractivity contribution is 5.28. The molecule has 0 amide bonds. The minimum Gasteiger partial charge on any atom is -0.370 e. The van der Waals surface area contributed by atoms with E-state index in [1.165, 1.54) is 44.3 Å². The van der Waals surface area contributed by atoms with Crippen LogP contribution >= 0.6 is 0 Å². The van der Waals surface area contributed by atoms with Crippen molar-refractivity contribution in [3.05, 3.63) is 35.6 Å². The molecule has 0 spiro atoms. The summed E-state index contributed by atoms with van der Waals surface area (Å²) < 4.78 is 20.1. The van der Waals surface area contributed by atoms with Crippen molar-refractivity contribution in [3.63, 3.8) is 0 Å². The molecule has 28 heavy (non-hydrogen) atoms. The van der Waals surface area contributed by atoms with Crippen molar-refractivity contribution in [2.24, 2.45) is 0 Å². The zero-order valence-electron chi connectivity index (χ0n) is 19.1. The first-order valence-corrected chi connectivity index (χ1v) is 11.3. The van der Waals surface area contributed by atoms with E-state index >= 15 is 0 Å². The summed E-state index contributed by atoms with van der Waals surface area (Å²) in [6.45, 7) is 16.8. The Bertz CT molecular complexity index is 569. The van der Waals surface area contributed by atoms with Gasteiger partial charge in [0.05, 0.1) is 11.2 Å². The van der Waals surface area contributed by atoms with Gasteiger partial charge in [-0.3, -0.25) is 0 Å². The summed E-state index contributed by atoms with van der Waals surface area (Å²) in [4.78, 5) is 2.65. The number of unbranched alkanes of at least 4 members (excludes halogenated alkanes) is 2. The standard InChI is InChI=1S/C25H42FNO/c1-7-9-16-27(17-10-8-2)18-15-25(21-11-13-22(26)14-12-21)19-23(3,4)28-24(5,6)20-25/h11-14H,7-10,15-20H2,1-6H3. The van der Waals surface area contributed by atoms with Gasteiger partial charge in [-0.25, -0.2) is 4.39 Å². The fraction of sp³-hybridized carbons (Fsp3) is 0.760. The molecule has 0 atom stereocenters. The zero-order chi connectivity index (χ0) is 20.8. The van der Waals surface area contributed by atoms with E-state index in [0.717, 1.165) is 25.8 Å². The topological polar surface area (TPSA) is 12.5 Å². The fourth-order valence-corrected chi connectivity index (χ4v) is 5.31. The van der Waals surface area contributed by atoms with Crippen molar-refractivity contribution < 1.29 is 9.13 Å². The molecule has 2 nitrogen and oxygen atoms in total. The lowest BCUT2D eigenvalue weighted by Crippen LogP contribution is -2.53. The number of hydrogen-bond donors (Lipinski definition) is 0. The van der Waals surface area contributed by atoms with E-state index in [0.29, 0.717) is 0 Å². The summed E-state index contributed by atoms with van der Waals surface area (Å²) >= 11 is 0. The number of nitrogens with zero attached hydrogens (tertiary/aromatic N) is 1. The highest BCUT2D eigenvalue weighted by Gasteiger charge is 2.48. The minimum absolute atomic E-state index is 0.0234. The predicted octanol–water partition coefficient (Wildman–Crippen LogP) is 6.72. The number of halogens is 1. The molecule has 0 radical (unpaired) electrons. The first-order chi connectivity index (χ1) is 13.1. The molecule has 1 aliphatic rings. The Hall–Kier alpha value is -0.930. The van der Waals surface area contributed by atoms with Crippen LogP contribution in [0.2, 0.25) is 0 Å². The number of hydrogen-bond acceptors (Lipinski definition) is 2. The van der Waals surface area contributed by atoms with Crippen LogP contribution in [0.5, 0.6) is 0 Å². The van der Waals surface area contributed by atoms with Gasteiger partial charge in [0.15, 0.2) is 0 Å². The number of rotatable bonds is 10. The Morgan fingerprint density at radius 3 is 1.82 bits per heavy atom. The summed E-state index contributed by atoms with van der Waals surface area (Å²) in [6, 6.07) is 7.27. The van der Waals surface area contributed by atoms with Gasteiger partial charge in [0.2, 0.25) is 0 Å². The van der Waals surface area contributed by atoms with Gasteiger partial charge < -0.3 is 9.64 Å². The molecular weight excluding hydrogens is 349 g/mol. The van der Waals surface area contributed by atoms with E-state index in [1.807, 2.05) is 12.1 Å². The molecule has 2 rings (SSSR count). The predicted molar refractivity (Wildman–Crippen MR) is 117 cm³/mol. The molecule has 0 unspecified atom stereocenters. The molecule has 0 bridgehead atoms. The molecule has 1 aromatic carbocycles. The Kier molecular flexibility index (Phi) is 8.10. The Morgan fingerprint density at radius 2 is 1.36 bits per heavy atom. The molecule has 0 saturated carbocycles. The second-order valence-corrected chi connectivity index (χ2v) is 10.1. The van der Waals surface area contributed by atoms with Gasteiger partial charge >= 0.3 is 0 Å². The van der Waals surface area contributed by atoms with Gasteiger partial charge in [0, 0.05) is 5.41 Å². The molecule has 0 N–H and O–H groups in total. The van der Waals surface area contributed by atoms with Crippen molar-refractivity contribution in [2.75, 3.05) is 19.6 Å². The third-order valence-corrected chi connectivity index (χ3v) is 6.10. The van der Waals surface area contributed by atoms with Gasteiger partial charge in [-0.1, -0.05) is 38.8 Å².